The van der Waals surface area contributed by atoms with Crippen molar-refractivity contribution < 1.29 is 9.84 Å². The van der Waals surface area contributed by atoms with Crippen LogP contribution >= 0.6 is 0 Å². The first-order valence-corrected chi connectivity index (χ1v) is 10.0. The summed E-state index contributed by atoms with van der Waals surface area (Å²) in [6, 6.07) is 28.8. The molecule has 4 aromatic carbocycles. The third-order valence-corrected chi connectivity index (χ3v) is 5.61. The normalized spacial score (nSPS) is 11.8. The smallest absolute Gasteiger partial charge is 0.134 e. The fourth-order valence-electron chi connectivity index (χ4n) is 4.36. The molecule has 5 rings (SSSR count). The third-order valence-electron chi connectivity index (χ3n) is 5.61. The van der Waals surface area contributed by atoms with Crippen LogP contribution in [0.1, 0.15) is 18.1 Å². The summed E-state index contributed by atoms with van der Waals surface area (Å²) in [5.74, 6) is 0.966. The molecule has 0 bridgehead atoms. The van der Waals surface area contributed by atoms with E-state index in [4.69, 9.17) is 4.74 Å². The van der Waals surface area contributed by atoms with Crippen LogP contribution in [0.5, 0.6) is 11.5 Å². The topological polar surface area (TPSA) is 29.5 Å². The first-order chi connectivity index (χ1) is 14.3. The van der Waals surface area contributed by atoms with Crippen LogP contribution in [-0.4, -0.2) is 11.7 Å². The Morgan fingerprint density at radius 2 is 1.41 bits per heavy atom. The summed E-state index contributed by atoms with van der Waals surface area (Å²) in [5.41, 5.74) is 8.71. The molecular weight excluding hydrogens is 356 g/mol. The minimum absolute atomic E-state index is 0.264. The van der Waals surface area contributed by atoms with Crippen molar-refractivity contribution in [2.45, 2.75) is 13.3 Å². The number of hydrogen-bond acceptors (Lipinski definition) is 2. The molecule has 1 N–H and O–H groups in total. The molecule has 0 fully saturated rings. The molecule has 0 aromatic heterocycles. The summed E-state index contributed by atoms with van der Waals surface area (Å²) in [7, 11) is 0. The summed E-state index contributed by atoms with van der Waals surface area (Å²) < 4.78 is 5.85. The highest BCUT2D eigenvalue weighted by Gasteiger charge is 2.24. The minimum Gasteiger partial charge on any atom is -0.507 e. The number of benzene rings is 4. The van der Waals surface area contributed by atoms with Crippen LogP contribution in [0.3, 0.4) is 0 Å². The van der Waals surface area contributed by atoms with Gasteiger partial charge in [0, 0.05) is 5.56 Å². The Bertz CT molecular complexity index is 1190. The number of ether oxygens (including phenoxy) is 1. The quantitative estimate of drug-likeness (QED) is 0.377. The molecule has 0 aliphatic heterocycles. The zero-order valence-electron chi connectivity index (χ0n) is 16.4. The lowest BCUT2D eigenvalue weighted by Crippen LogP contribution is -1.96. The van der Waals surface area contributed by atoms with Crippen molar-refractivity contribution >= 4 is 0 Å². The molecular formula is C27H22O2. The Morgan fingerprint density at radius 3 is 2.24 bits per heavy atom. The first kappa shape index (κ1) is 17.6. The van der Waals surface area contributed by atoms with E-state index in [9.17, 15) is 5.11 Å². The van der Waals surface area contributed by atoms with Gasteiger partial charge < -0.3 is 9.84 Å². The fraction of sp³-hybridized carbons (Fsp3) is 0.111. The average molecular weight is 378 g/mol. The molecule has 1 aliphatic rings. The van der Waals surface area contributed by atoms with Gasteiger partial charge in [-0.2, -0.15) is 0 Å². The summed E-state index contributed by atoms with van der Waals surface area (Å²) >= 11 is 0. The number of hydrogen-bond donors (Lipinski definition) is 1. The van der Waals surface area contributed by atoms with Crippen LogP contribution in [0.15, 0.2) is 84.9 Å². The SMILES string of the molecule is CCOc1ccc(-c2cccc3c2-c2ccccc2C3)c(O)c1-c1ccccc1. The van der Waals surface area contributed by atoms with Gasteiger partial charge in [-0.05, 0) is 58.9 Å². The van der Waals surface area contributed by atoms with Gasteiger partial charge in [-0.15, -0.1) is 0 Å². The van der Waals surface area contributed by atoms with E-state index in [-0.39, 0.29) is 5.75 Å². The van der Waals surface area contributed by atoms with Gasteiger partial charge in [-0.1, -0.05) is 72.8 Å². The minimum atomic E-state index is 0.264. The van der Waals surface area contributed by atoms with Gasteiger partial charge in [0.1, 0.15) is 11.5 Å². The number of rotatable bonds is 4. The lowest BCUT2D eigenvalue weighted by molar-refractivity contribution is 0.339. The Balaban J connectivity index is 1.75. The van der Waals surface area contributed by atoms with Gasteiger partial charge in [0.25, 0.3) is 0 Å². The van der Waals surface area contributed by atoms with Crippen molar-refractivity contribution in [1.82, 2.24) is 0 Å². The van der Waals surface area contributed by atoms with Crippen molar-refractivity contribution in [3.8, 4) is 44.9 Å². The molecule has 2 heteroatoms. The maximum absolute atomic E-state index is 11.4. The molecule has 29 heavy (non-hydrogen) atoms. The lowest BCUT2D eigenvalue weighted by Gasteiger charge is -2.17. The van der Waals surface area contributed by atoms with Gasteiger partial charge in [0.15, 0.2) is 0 Å². The molecule has 0 atom stereocenters. The first-order valence-electron chi connectivity index (χ1n) is 10.0. The third kappa shape index (κ3) is 2.89. The van der Waals surface area contributed by atoms with E-state index >= 15 is 0 Å². The van der Waals surface area contributed by atoms with Crippen molar-refractivity contribution in [1.29, 1.82) is 0 Å². The van der Waals surface area contributed by atoms with Gasteiger partial charge in [0.2, 0.25) is 0 Å². The fourth-order valence-corrected chi connectivity index (χ4v) is 4.36. The van der Waals surface area contributed by atoms with E-state index in [2.05, 4.69) is 42.5 Å². The summed E-state index contributed by atoms with van der Waals surface area (Å²) in [6.07, 6.45) is 0.933. The molecule has 0 spiro atoms. The standard InChI is InChI=1S/C27H22O2/c1-2-29-24-16-15-23(27(28)26(24)18-9-4-3-5-10-18)22-14-8-12-20-17-19-11-6-7-13-21(19)25(20)22/h3-16,28H,2,17H2,1H3. The Morgan fingerprint density at radius 1 is 0.690 bits per heavy atom. The van der Waals surface area contributed by atoms with E-state index < -0.39 is 0 Å². The molecule has 0 unspecified atom stereocenters. The average Bonchev–Trinajstić information content (AvgIpc) is 3.14. The van der Waals surface area contributed by atoms with Crippen molar-refractivity contribution in [3.05, 3.63) is 96.1 Å². The van der Waals surface area contributed by atoms with Gasteiger partial charge in [-0.25, -0.2) is 0 Å². The number of aromatic hydroxyl groups is 1. The molecule has 0 radical (unpaired) electrons. The second-order valence-corrected chi connectivity index (χ2v) is 7.31. The summed E-state index contributed by atoms with van der Waals surface area (Å²) in [6.45, 7) is 2.51. The zero-order valence-corrected chi connectivity index (χ0v) is 16.4. The van der Waals surface area contributed by atoms with E-state index in [1.807, 2.05) is 49.4 Å². The van der Waals surface area contributed by atoms with Gasteiger partial charge in [0.05, 0.1) is 12.2 Å². The summed E-state index contributed by atoms with van der Waals surface area (Å²) in [5, 5.41) is 11.4. The van der Waals surface area contributed by atoms with Crippen molar-refractivity contribution in [3.63, 3.8) is 0 Å². The van der Waals surface area contributed by atoms with Crippen LogP contribution in [-0.2, 0) is 6.42 Å². The van der Waals surface area contributed by atoms with Gasteiger partial charge in [-0.3, -0.25) is 0 Å². The number of phenols is 1. The van der Waals surface area contributed by atoms with E-state index in [1.54, 1.807) is 0 Å². The highest BCUT2D eigenvalue weighted by atomic mass is 16.5. The lowest BCUT2D eigenvalue weighted by atomic mass is 9.91. The second kappa shape index (κ2) is 7.14. The van der Waals surface area contributed by atoms with Crippen molar-refractivity contribution in [2.75, 3.05) is 6.61 Å². The molecule has 0 saturated carbocycles. The highest BCUT2D eigenvalue weighted by molar-refractivity contribution is 5.95. The predicted molar refractivity (Wildman–Crippen MR) is 118 cm³/mol. The van der Waals surface area contributed by atoms with Crippen LogP contribution in [0, 0.1) is 0 Å². The molecule has 4 aromatic rings. The maximum Gasteiger partial charge on any atom is 0.134 e. The van der Waals surface area contributed by atoms with Crippen LogP contribution in [0.25, 0.3) is 33.4 Å². The van der Waals surface area contributed by atoms with E-state index in [1.165, 1.54) is 22.3 Å². The monoisotopic (exact) mass is 378 g/mol. The van der Waals surface area contributed by atoms with E-state index in [0.717, 1.165) is 28.7 Å². The van der Waals surface area contributed by atoms with Crippen LogP contribution < -0.4 is 4.74 Å². The van der Waals surface area contributed by atoms with Crippen LogP contribution in [0.4, 0.5) is 0 Å². The molecule has 0 heterocycles. The second-order valence-electron chi connectivity index (χ2n) is 7.31. The van der Waals surface area contributed by atoms with Crippen molar-refractivity contribution in [2.24, 2.45) is 0 Å². The number of fused-ring (bicyclic) bond motifs is 3. The van der Waals surface area contributed by atoms with E-state index in [0.29, 0.717) is 12.4 Å². The molecule has 1 aliphatic carbocycles. The molecule has 0 saturated heterocycles. The Kier molecular flexibility index (Phi) is 4.33. The highest BCUT2D eigenvalue weighted by Crippen LogP contribution is 2.49. The molecule has 2 nitrogen and oxygen atoms in total. The molecule has 142 valence electrons. The molecule has 0 amide bonds. The largest absolute Gasteiger partial charge is 0.507 e. The van der Waals surface area contributed by atoms with Gasteiger partial charge >= 0.3 is 0 Å². The number of phenolic OH excluding ortho intramolecular Hbond substituents is 1. The van der Waals surface area contributed by atoms with Crippen LogP contribution in [0.2, 0.25) is 0 Å². The zero-order chi connectivity index (χ0) is 19.8. The summed E-state index contributed by atoms with van der Waals surface area (Å²) in [4.78, 5) is 0. The Hall–Kier alpha value is -3.52. The maximum atomic E-state index is 11.4. The predicted octanol–water partition coefficient (Wildman–Crippen LogP) is 6.70. The Labute approximate surface area is 171 Å².